The lowest BCUT2D eigenvalue weighted by Gasteiger charge is -2.21. The number of hydrogen-bond donors (Lipinski definition) is 3. The topological polar surface area (TPSA) is 106 Å². The maximum absolute atomic E-state index is 12.3. The summed E-state index contributed by atoms with van der Waals surface area (Å²) in [5.74, 6) is 0.134. The van der Waals surface area contributed by atoms with Crippen molar-refractivity contribution in [2.45, 2.75) is 50.5 Å². The van der Waals surface area contributed by atoms with Gasteiger partial charge in [0, 0.05) is 50.1 Å². The van der Waals surface area contributed by atoms with Crippen LogP contribution in [0.1, 0.15) is 44.6 Å². The number of fused-ring (bicyclic) bond motifs is 1. The molecule has 8 nitrogen and oxygen atoms in total. The number of benzene rings is 1. The molecule has 0 aliphatic carbocycles. The Morgan fingerprint density at radius 2 is 1.97 bits per heavy atom. The van der Waals surface area contributed by atoms with Crippen molar-refractivity contribution < 1.29 is 19.5 Å². The first-order valence-corrected chi connectivity index (χ1v) is 13.6. The number of aromatic nitrogens is 1. The second-order valence-corrected chi connectivity index (χ2v) is 10.0. The Kier molecular flexibility index (Phi) is 8.05. The van der Waals surface area contributed by atoms with Crippen LogP contribution in [0.3, 0.4) is 0 Å². The number of imide groups is 1. The predicted octanol–water partition coefficient (Wildman–Crippen LogP) is 3.59. The molecular weight excluding hydrogens is 464 g/mol. The number of carbonyl (C=O) groups excluding carboxylic acids is 3. The van der Waals surface area contributed by atoms with E-state index in [0.717, 1.165) is 60.4 Å². The number of thioether (sulfide) groups is 1. The Bertz CT molecular complexity index is 1120. The van der Waals surface area contributed by atoms with E-state index in [4.69, 9.17) is 0 Å². The Morgan fingerprint density at radius 1 is 1.20 bits per heavy atom. The zero-order valence-electron chi connectivity index (χ0n) is 20.4. The van der Waals surface area contributed by atoms with E-state index in [1.807, 2.05) is 6.07 Å². The highest BCUT2D eigenvalue weighted by Crippen LogP contribution is 2.41. The molecule has 2 aliphatic heterocycles. The van der Waals surface area contributed by atoms with Gasteiger partial charge in [-0.3, -0.25) is 19.3 Å². The molecule has 4 rings (SSSR count). The molecule has 0 bridgehead atoms. The lowest BCUT2D eigenvalue weighted by atomic mass is 10.1. The quantitative estimate of drug-likeness (QED) is 0.248. The van der Waals surface area contributed by atoms with Crippen LogP contribution >= 0.6 is 11.8 Å². The molecular formula is C26H34N4O4S. The smallest absolute Gasteiger partial charge is 0.253 e. The minimum atomic E-state index is -0.255. The van der Waals surface area contributed by atoms with Gasteiger partial charge in [-0.05, 0) is 55.6 Å². The van der Waals surface area contributed by atoms with Gasteiger partial charge in [0.05, 0.1) is 10.5 Å². The monoisotopic (exact) mass is 498 g/mol. The number of H-pyrrole nitrogens is 1. The second-order valence-electron chi connectivity index (χ2n) is 9.22. The molecule has 188 valence electrons. The Morgan fingerprint density at radius 3 is 2.69 bits per heavy atom. The van der Waals surface area contributed by atoms with Crippen molar-refractivity contribution in [1.82, 2.24) is 15.2 Å². The van der Waals surface area contributed by atoms with Crippen LogP contribution in [0.4, 0.5) is 5.69 Å². The molecule has 35 heavy (non-hydrogen) atoms. The number of anilines is 1. The maximum atomic E-state index is 12.3. The number of amides is 3. The van der Waals surface area contributed by atoms with Gasteiger partial charge in [-0.1, -0.05) is 13.3 Å². The number of phenolic OH excluding ortho intramolecular Hbond substituents is 1. The van der Waals surface area contributed by atoms with Crippen molar-refractivity contribution in [3.8, 4) is 5.75 Å². The van der Waals surface area contributed by atoms with E-state index in [9.17, 15) is 19.5 Å². The standard InChI is InChI=1S/C26H34N4O4S/c1-3-18-19-8-9-20(31)25(24(19)28-26(18)35-2)29-14-12-17(16-29)15-27-21(32)7-5-4-6-13-30-22(33)10-11-23(30)34/h8-11,17,28,31H,3-7,12-16H2,1-2H3,(H,27,32). The van der Waals surface area contributed by atoms with Gasteiger partial charge in [0.1, 0.15) is 11.4 Å². The molecule has 1 aromatic heterocycles. The third-order valence-corrected chi connectivity index (χ3v) is 7.68. The third kappa shape index (κ3) is 5.50. The first-order chi connectivity index (χ1) is 16.9. The molecule has 2 aromatic rings. The number of aromatic amines is 1. The molecule has 0 radical (unpaired) electrons. The van der Waals surface area contributed by atoms with Crippen LogP contribution in [-0.2, 0) is 20.8 Å². The number of hydrogen-bond acceptors (Lipinski definition) is 6. The molecule has 1 unspecified atom stereocenters. The largest absolute Gasteiger partial charge is 0.506 e. The van der Waals surface area contributed by atoms with Crippen LogP contribution in [0.15, 0.2) is 29.3 Å². The second kappa shape index (κ2) is 11.2. The van der Waals surface area contributed by atoms with Crippen LogP contribution in [-0.4, -0.2) is 65.1 Å². The molecule has 9 heteroatoms. The lowest BCUT2D eigenvalue weighted by molar-refractivity contribution is -0.137. The minimum absolute atomic E-state index is 0.0324. The normalized spacial score (nSPS) is 17.8. The predicted molar refractivity (Wildman–Crippen MR) is 139 cm³/mol. The van der Waals surface area contributed by atoms with E-state index >= 15 is 0 Å². The van der Waals surface area contributed by atoms with Gasteiger partial charge in [-0.2, -0.15) is 0 Å². The van der Waals surface area contributed by atoms with Crippen molar-refractivity contribution in [2.75, 3.05) is 37.3 Å². The summed E-state index contributed by atoms with van der Waals surface area (Å²) in [6.07, 6.45) is 9.20. The van der Waals surface area contributed by atoms with Crippen molar-refractivity contribution in [2.24, 2.45) is 5.92 Å². The average Bonchev–Trinajstić information content (AvgIpc) is 3.55. The Hall–Kier alpha value is -2.94. The van der Waals surface area contributed by atoms with E-state index in [2.05, 4.69) is 28.4 Å². The van der Waals surface area contributed by atoms with E-state index in [1.54, 1.807) is 17.8 Å². The number of aryl methyl sites for hydroxylation is 1. The fraction of sp³-hybridized carbons (Fsp3) is 0.500. The van der Waals surface area contributed by atoms with Crippen molar-refractivity contribution in [3.63, 3.8) is 0 Å². The van der Waals surface area contributed by atoms with Gasteiger partial charge in [0.25, 0.3) is 11.8 Å². The average molecular weight is 499 g/mol. The van der Waals surface area contributed by atoms with E-state index in [0.29, 0.717) is 31.8 Å². The summed E-state index contributed by atoms with van der Waals surface area (Å²) in [5.41, 5.74) is 3.13. The van der Waals surface area contributed by atoms with Crippen LogP contribution in [0, 0.1) is 5.92 Å². The molecule has 1 fully saturated rings. The van der Waals surface area contributed by atoms with Gasteiger partial charge >= 0.3 is 0 Å². The first kappa shape index (κ1) is 25.2. The molecule has 0 saturated carbocycles. The zero-order valence-corrected chi connectivity index (χ0v) is 21.2. The van der Waals surface area contributed by atoms with Crippen LogP contribution in [0.25, 0.3) is 10.9 Å². The molecule has 1 saturated heterocycles. The molecule has 1 atom stereocenters. The maximum Gasteiger partial charge on any atom is 0.253 e. The Labute approximate surface area is 210 Å². The van der Waals surface area contributed by atoms with Gasteiger partial charge in [-0.25, -0.2) is 0 Å². The lowest BCUT2D eigenvalue weighted by Crippen LogP contribution is -2.31. The number of nitrogens with zero attached hydrogens (tertiary/aromatic N) is 2. The summed E-state index contributed by atoms with van der Waals surface area (Å²) in [5, 5.41) is 16.0. The fourth-order valence-corrected chi connectivity index (χ4v) is 5.75. The number of phenols is 1. The molecule has 2 aliphatic rings. The van der Waals surface area contributed by atoms with Crippen LogP contribution < -0.4 is 10.2 Å². The van der Waals surface area contributed by atoms with Crippen molar-refractivity contribution >= 4 is 46.1 Å². The number of aromatic hydroxyl groups is 1. The zero-order chi connectivity index (χ0) is 24.9. The fourth-order valence-electron chi connectivity index (χ4n) is 5.05. The highest BCUT2D eigenvalue weighted by atomic mass is 32.2. The van der Waals surface area contributed by atoms with Gasteiger partial charge in [0.15, 0.2) is 0 Å². The molecule has 0 spiro atoms. The summed E-state index contributed by atoms with van der Waals surface area (Å²) in [7, 11) is 0. The van der Waals surface area contributed by atoms with E-state index in [1.165, 1.54) is 22.6 Å². The Balaban J connectivity index is 1.23. The van der Waals surface area contributed by atoms with E-state index < -0.39 is 0 Å². The van der Waals surface area contributed by atoms with Gasteiger partial charge < -0.3 is 20.3 Å². The SMILES string of the molecule is CCc1c(SC)[nH]c2c(N3CCC(CNC(=O)CCCCCN4C(=O)C=CC4=O)C3)c(O)ccc12. The third-order valence-electron chi connectivity index (χ3n) is 6.93. The first-order valence-electron chi connectivity index (χ1n) is 12.4. The number of carbonyl (C=O) groups is 3. The molecule has 1 aromatic carbocycles. The van der Waals surface area contributed by atoms with Gasteiger partial charge in [-0.15, -0.1) is 11.8 Å². The van der Waals surface area contributed by atoms with Crippen LogP contribution in [0.2, 0.25) is 0 Å². The number of nitrogens with one attached hydrogen (secondary N) is 2. The highest BCUT2D eigenvalue weighted by Gasteiger charge is 2.28. The van der Waals surface area contributed by atoms with Crippen molar-refractivity contribution in [3.05, 3.63) is 29.8 Å². The van der Waals surface area contributed by atoms with Crippen LogP contribution in [0.5, 0.6) is 5.75 Å². The summed E-state index contributed by atoms with van der Waals surface area (Å²) < 4.78 is 0. The summed E-state index contributed by atoms with van der Waals surface area (Å²) >= 11 is 1.69. The number of unbranched alkanes of at least 4 members (excludes halogenated alkanes) is 2. The molecule has 3 heterocycles. The van der Waals surface area contributed by atoms with Crippen molar-refractivity contribution in [1.29, 1.82) is 0 Å². The van der Waals surface area contributed by atoms with Gasteiger partial charge in [0.2, 0.25) is 5.91 Å². The summed E-state index contributed by atoms with van der Waals surface area (Å²) in [6.45, 7) is 4.80. The summed E-state index contributed by atoms with van der Waals surface area (Å²) in [4.78, 5) is 42.4. The molecule has 3 N–H and O–H groups in total. The summed E-state index contributed by atoms with van der Waals surface area (Å²) in [6, 6.07) is 3.78. The minimum Gasteiger partial charge on any atom is -0.506 e. The molecule has 3 amide bonds. The van der Waals surface area contributed by atoms with E-state index in [-0.39, 0.29) is 23.5 Å². The number of rotatable bonds is 11. The highest BCUT2D eigenvalue weighted by molar-refractivity contribution is 7.98.